The molecule has 0 radical (unpaired) electrons. The van der Waals surface area contributed by atoms with Gasteiger partial charge in [0.05, 0.1) is 6.20 Å². The van der Waals surface area contributed by atoms with E-state index in [2.05, 4.69) is 10.4 Å². The number of nitrogens with one attached hydrogen (secondary N) is 1. The molecule has 1 heterocycles. The summed E-state index contributed by atoms with van der Waals surface area (Å²) >= 11 is 0. The van der Waals surface area contributed by atoms with E-state index < -0.39 is 12.0 Å². The van der Waals surface area contributed by atoms with Crippen molar-refractivity contribution in [3.05, 3.63) is 53.3 Å². The van der Waals surface area contributed by atoms with E-state index >= 15 is 0 Å². The molecule has 0 fully saturated rings. The number of aliphatic carboxylic acids is 1. The van der Waals surface area contributed by atoms with Crippen LogP contribution >= 0.6 is 0 Å². The summed E-state index contributed by atoms with van der Waals surface area (Å²) in [6, 6.07) is 8.45. The molecule has 0 unspecified atom stereocenters. The minimum Gasteiger partial charge on any atom is -0.480 e. The minimum atomic E-state index is -0.882. The number of hydrogen-bond donors (Lipinski definition) is 2. The van der Waals surface area contributed by atoms with Gasteiger partial charge in [0.15, 0.2) is 0 Å². The molecular weight excluding hydrogens is 242 g/mol. The molecule has 0 saturated heterocycles. The molecule has 5 nitrogen and oxygen atoms in total. The van der Waals surface area contributed by atoms with Crippen molar-refractivity contribution in [2.24, 2.45) is 7.05 Å². The van der Waals surface area contributed by atoms with Gasteiger partial charge in [0.25, 0.3) is 0 Å². The Morgan fingerprint density at radius 2 is 2.11 bits per heavy atom. The minimum absolute atomic E-state index is 0.478. The van der Waals surface area contributed by atoms with Gasteiger partial charge in [0, 0.05) is 24.8 Å². The molecule has 1 aromatic carbocycles. The van der Waals surface area contributed by atoms with Crippen LogP contribution in [0.2, 0.25) is 0 Å². The first kappa shape index (κ1) is 13.3. The second-order valence-electron chi connectivity index (χ2n) is 4.44. The second-order valence-corrected chi connectivity index (χ2v) is 4.44. The number of carbonyl (C=O) groups is 1. The number of carboxylic acid groups (broad SMARTS) is 1. The molecule has 0 aliphatic rings. The molecule has 2 aromatic rings. The Balaban J connectivity index is 2.11. The molecular formula is C14H17N3O2. The summed E-state index contributed by atoms with van der Waals surface area (Å²) in [5.41, 5.74) is 2.78. The topological polar surface area (TPSA) is 67.2 Å². The summed E-state index contributed by atoms with van der Waals surface area (Å²) in [5.74, 6) is -0.882. The van der Waals surface area contributed by atoms with Crippen LogP contribution in [0.5, 0.6) is 0 Å². The molecule has 0 aliphatic heterocycles. The molecule has 0 spiro atoms. The van der Waals surface area contributed by atoms with Crippen LogP contribution in [0.4, 0.5) is 0 Å². The van der Waals surface area contributed by atoms with Crippen molar-refractivity contribution < 1.29 is 9.90 Å². The third-order valence-electron chi connectivity index (χ3n) is 3.21. The zero-order valence-electron chi connectivity index (χ0n) is 11.0. The van der Waals surface area contributed by atoms with Gasteiger partial charge in [-0.3, -0.25) is 14.8 Å². The smallest absolute Gasteiger partial charge is 0.325 e. The van der Waals surface area contributed by atoms with E-state index in [1.165, 1.54) is 0 Å². The van der Waals surface area contributed by atoms with Crippen LogP contribution in [0, 0.1) is 6.92 Å². The summed E-state index contributed by atoms with van der Waals surface area (Å²) in [5, 5.41) is 16.5. The highest BCUT2D eigenvalue weighted by atomic mass is 16.4. The van der Waals surface area contributed by atoms with E-state index in [1.807, 2.05) is 44.3 Å². The number of aromatic nitrogens is 2. The average molecular weight is 259 g/mol. The molecule has 1 aromatic heterocycles. The predicted octanol–water partition coefficient (Wildman–Crippen LogP) is 1.64. The van der Waals surface area contributed by atoms with Gasteiger partial charge in [-0.2, -0.15) is 5.10 Å². The maximum absolute atomic E-state index is 11.3. The summed E-state index contributed by atoms with van der Waals surface area (Å²) in [4.78, 5) is 11.3. The molecule has 0 aliphatic carbocycles. The van der Waals surface area contributed by atoms with Crippen LogP contribution in [-0.4, -0.2) is 20.9 Å². The summed E-state index contributed by atoms with van der Waals surface area (Å²) in [7, 11) is 1.87. The van der Waals surface area contributed by atoms with Gasteiger partial charge in [-0.25, -0.2) is 0 Å². The maximum atomic E-state index is 11.3. The fraction of sp³-hybridized carbons (Fsp3) is 0.286. The fourth-order valence-corrected chi connectivity index (χ4v) is 1.92. The van der Waals surface area contributed by atoms with Crippen molar-refractivity contribution in [2.75, 3.05) is 0 Å². The first-order valence-corrected chi connectivity index (χ1v) is 6.08. The van der Waals surface area contributed by atoms with Gasteiger partial charge in [0.2, 0.25) is 0 Å². The Kier molecular flexibility index (Phi) is 3.97. The SMILES string of the molecule is Cc1c(CN[C@@H](C(=O)O)c2ccccc2)cnn1C. The Morgan fingerprint density at radius 3 is 2.63 bits per heavy atom. The molecule has 100 valence electrons. The largest absolute Gasteiger partial charge is 0.480 e. The van der Waals surface area contributed by atoms with Crippen molar-refractivity contribution in [3.8, 4) is 0 Å². The van der Waals surface area contributed by atoms with E-state index in [9.17, 15) is 9.90 Å². The Morgan fingerprint density at radius 1 is 1.42 bits per heavy atom. The number of hydrogen-bond acceptors (Lipinski definition) is 3. The highest BCUT2D eigenvalue weighted by molar-refractivity contribution is 5.75. The molecule has 1 atom stereocenters. The van der Waals surface area contributed by atoms with Crippen molar-refractivity contribution in [3.63, 3.8) is 0 Å². The van der Waals surface area contributed by atoms with Crippen LogP contribution in [0.25, 0.3) is 0 Å². The highest BCUT2D eigenvalue weighted by Crippen LogP contribution is 2.14. The first-order chi connectivity index (χ1) is 9.09. The molecule has 5 heteroatoms. The average Bonchev–Trinajstić information content (AvgIpc) is 2.72. The lowest BCUT2D eigenvalue weighted by atomic mass is 10.1. The number of aryl methyl sites for hydroxylation is 1. The monoisotopic (exact) mass is 259 g/mol. The molecule has 2 N–H and O–H groups in total. The molecule has 2 rings (SSSR count). The number of carboxylic acids is 1. The third kappa shape index (κ3) is 3.00. The zero-order chi connectivity index (χ0) is 13.8. The zero-order valence-corrected chi connectivity index (χ0v) is 11.0. The molecule has 0 bridgehead atoms. The van der Waals surface area contributed by atoms with Crippen LogP contribution < -0.4 is 5.32 Å². The second kappa shape index (κ2) is 5.67. The highest BCUT2D eigenvalue weighted by Gasteiger charge is 2.19. The third-order valence-corrected chi connectivity index (χ3v) is 3.21. The number of nitrogens with zero attached hydrogens (tertiary/aromatic N) is 2. The lowest BCUT2D eigenvalue weighted by Crippen LogP contribution is -2.28. The van der Waals surface area contributed by atoms with Gasteiger partial charge >= 0.3 is 5.97 Å². The predicted molar refractivity (Wildman–Crippen MR) is 71.6 cm³/mol. The van der Waals surface area contributed by atoms with Crippen molar-refractivity contribution >= 4 is 5.97 Å². The van der Waals surface area contributed by atoms with Crippen LogP contribution in [0.15, 0.2) is 36.5 Å². The molecule has 0 saturated carbocycles. The van der Waals surface area contributed by atoms with Gasteiger partial charge in [-0.15, -0.1) is 0 Å². The Labute approximate surface area is 111 Å². The summed E-state index contributed by atoms with van der Waals surface area (Å²) in [6.45, 7) is 2.44. The van der Waals surface area contributed by atoms with Crippen molar-refractivity contribution in [1.82, 2.24) is 15.1 Å². The Hall–Kier alpha value is -2.14. The van der Waals surface area contributed by atoms with Gasteiger partial charge in [-0.05, 0) is 12.5 Å². The van der Waals surface area contributed by atoms with E-state index in [0.717, 1.165) is 16.8 Å². The normalized spacial score (nSPS) is 12.3. The lowest BCUT2D eigenvalue weighted by Gasteiger charge is -2.14. The summed E-state index contributed by atoms with van der Waals surface area (Å²) < 4.78 is 1.77. The van der Waals surface area contributed by atoms with E-state index in [4.69, 9.17) is 0 Å². The first-order valence-electron chi connectivity index (χ1n) is 6.08. The Bertz CT molecular complexity index is 563. The van der Waals surface area contributed by atoms with Gasteiger partial charge < -0.3 is 5.11 Å². The van der Waals surface area contributed by atoms with E-state index in [-0.39, 0.29) is 0 Å². The van der Waals surface area contributed by atoms with Crippen LogP contribution in [0.1, 0.15) is 22.9 Å². The standard InChI is InChI=1S/C14H17N3O2/c1-10-12(9-16-17(10)2)8-15-13(14(18)19)11-6-4-3-5-7-11/h3-7,9,13,15H,8H2,1-2H3,(H,18,19)/t13-/m1/s1. The van der Waals surface area contributed by atoms with Gasteiger partial charge in [-0.1, -0.05) is 30.3 Å². The quantitative estimate of drug-likeness (QED) is 0.856. The number of benzene rings is 1. The number of rotatable bonds is 5. The van der Waals surface area contributed by atoms with E-state index in [0.29, 0.717) is 6.54 Å². The lowest BCUT2D eigenvalue weighted by molar-refractivity contribution is -0.139. The van der Waals surface area contributed by atoms with Crippen molar-refractivity contribution in [1.29, 1.82) is 0 Å². The van der Waals surface area contributed by atoms with Crippen molar-refractivity contribution in [2.45, 2.75) is 19.5 Å². The maximum Gasteiger partial charge on any atom is 0.325 e. The van der Waals surface area contributed by atoms with Gasteiger partial charge in [0.1, 0.15) is 6.04 Å². The van der Waals surface area contributed by atoms with Crippen LogP contribution in [0.3, 0.4) is 0 Å². The fourth-order valence-electron chi connectivity index (χ4n) is 1.92. The molecule has 0 amide bonds. The van der Waals surface area contributed by atoms with E-state index in [1.54, 1.807) is 10.9 Å². The van der Waals surface area contributed by atoms with Crippen LogP contribution in [-0.2, 0) is 18.4 Å². The molecule has 19 heavy (non-hydrogen) atoms. The summed E-state index contributed by atoms with van der Waals surface area (Å²) in [6.07, 6.45) is 1.76.